The third-order valence-electron chi connectivity index (χ3n) is 3.39. The van der Waals surface area contributed by atoms with Gasteiger partial charge in [-0.25, -0.2) is 4.79 Å². The van der Waals surface area contributed by atoms with Crippen molar-refractivity contribution in [2.24, 2.45) is 0 Å². The lowest BCUT2D eigenvalue weighted by Crippen LogP contribution is -2.19. The minimum atomic E-state index is -0.242. The molecule has 0 unspecified atom stereocenters. The Bertz CT molecular complexity index is 650. The lowest BCUT2D eigenvalue weighted by Gasteiger charge is -2.14. The van der Waals surface area contributed by atoms with Gasteiger partial charge < -0.3 is 15.5 Å². The van der Waals surface area contributed by atoms with Crippen molar-refractivity contribution >= 4 is 23.1 Å². The monoisotopic (exact) mass is 283 g/mol. The van der Waals surface area contributed by atoms with Crippen LogP contribution >= 0.6 is 0 Å². The Morgan fingerprint density at radius 1 is 0.905 bits per heavy atom. The second-order valence-electron chi connectivity index (χ2n) is 5.32. The molecule has 2 N–H and O–H groups in total. The lowest BCUT2D eigenvalue weighted by atomic mass is 10.1. The second-order valence-corrected chi connectivity index (χ2v) is 5.32. The highest BCUT2D eigenvalue weighted by Gasteiger charge is 2.04. The van der Waals surface area contributed by atoms with E-state index in [2.05, 4.69) is 10.6 Å². The number of amides is 2. The molecule has 2 aromatic rings. The largest absolute Gasteiger partial charge is 0.378 e. The van der Waals surface area contributed by atoms with Crippen LogP contribution in [0.4, 0.5) is 21.9 Å². The van der Waals surface area contributed by atoms with Gasteiger partial charge in [0.1, 0.15) is 0 Å². The number of nitrogens with one attached hydrogen (secondary N) is 2. The molecule has 0 aliphatic rings. The van der Waals surface area contributed by atoms with E-state index < -0.39 is 0 Å². The van der Waals surface area contributed by atoms with Gasteiger partial charge in [0, 0.05) is 31.2 Å². The molecule has 0 bridgehead atoms. The number of hydrogen-bond acceptors (Lipinski definition) is 2. The fourth-order valence-corrected chi connectivity index (χ4v) is 1.97. The van der Waals surface area contributed by atoms with E-state index in [1.165, 1.54) is 5.56 Å². The molecule has 0 spiro atoms. The number of hydrogen-bond donors (Lipinski definition) is 2. The number of carbonyl (C=O) groups is 1. The average molecular weight is 283 g/mol. The van der Waals surface area contributed by atoms with Crippen molar-refractivity contribution in [2.45, 2.75) is 13.8 Å². The van der Waals surface area contributed by atoms with Gasteiger partial charge in [-0.2, -0.15) is 0 Å². The molecule has 0 atom stereocenters. The Morgan fingerprint density at radius 3 is 2.19 bits per heavy atom. The number of anilines is 3. The maximum Gasteiger partial charge on any atom is 0.323 e. The summed E-state index contributed by atoms with van der Waals surface area (Å²) in [7, 11) is 3.93. The van der Waals surface area contributed by atoms with Crippen LogP contribution in [0.1, 0.15) is 11.1 Å². The Hall–Kier alpha value is -2.49. The van der Waals surface area contributed by atoms with Crippen LogP contribution in [0, 0.1) is 13.8 Å². The highest BCUT2D eigenvalue weighted by atomic mass is 16.2. The summed E-state index contributed by atoms with van der Waals surface area (Å²) in [4.78, 5) is 14.0. The first-order valence-electron chi connectivity index (χ1n) is 6.88. The maximum atomic E-state index is 12.0. The second kappa shape index (κ2) is 6.31. The molecule has 0 fully saturated rings. The normalized spacial score (nSPS) is 10.1. The summed E-state index contributed by atoms with van der Waals surface area (Å²) < 4.78 is 0. The summed E-state index contributed by atoms with van der Waals surface area (Å²) in [6.07, 6.45) is 0. The molecule has 2 rings (SSSR count). The van der Waals surface area contributed by atoms with Crippen molar-refractivity contribution in [2.75, 3.05) is 29.6 Å². The van der Waals surface area contributed by atoms with E-state index in [4.69, 9.17) is 0 Å². The van der Waals surface area contributed by atoms with Crippen LogP contribution in [0.15, 0.2) is 42.5 Å². The third kappa shape index (κ3) is 3.99. The van der Waals surface area contributed by atoms with Gasteiger partial charge in [0.15, 0.2) is 0 Å². The molecule has 0 heterocycles. The highest BCUT2D eigenvalue weighted by Crippen LogP contribution is 2.18. The molecular weight excluding hydrogens is 262 g/mol. The molecule has 0 aliphatic carbocycles. The van der Waals surface area contributed by atoms with Crippen LogP contribution in [0.2, 0.25) is 0 Å². The lowest BCUT2D eigenvalue weighted by molar-refractivity contribution is 0.262. The van der Waals surface area contributed by atoms with Crippen LogP contribution in [0.5, 0.6) is 0 Å². The average Bonchev–Trinajstić information content (AvgIpc) is 2.43. The molecule has 4 heteroatoms. The molecule has 4 nitrogen and oxygen atoms in total. The van der Waals surface area contributed by atoms with E-state index in [0.29, 0.717) is 0 Å². The summed E-state index contributed by atoms with van der Waals surface area (Å²) in [6, 6.07) is 13.3. The SMILES string of the molecule is Cc1ccc(NC(=O)Nc2cccc(N(C)C)c2)cc1C. The summed E-state index contributed by atoms with van der Waals surface area (Å²) in [5.41, 5.74) is 4.96. The molecule has 2 aromatic carbocycles. The molecule has 0 saturated heterocycles. The van der Waals surface area contributed by atoms with Crippen molar-refractivity contribution in [3.63, 3.8) is 0 Å². The van der Waals surface area contributed by atoms with Crippen molar-refractivity contribution < 1.29 is 4.79 Å². The van der Waals surface area contributed by atoms with Gasteiger partial charge >= 0.3 is 6.03 Å². The number of aryl methyl sites for hydroxylation is 2. The standard InChI is InChI=1S/C17H21N3O/c1-12-8-9-15(10-13(12)2)19-17(21)18-14-6-5-7-16(11-14)20(3)4/h5-11H,1-4H3,(H2,18,19,21). The number of rotatable bonds is 3. The predicted molar refractivity (Wildman–Crippen MR) is 89.3 cm³/mol. The number of benzene rings is 2. The summed E-state index contributed by atoms with van der Waals surface area (Å²) in [6.45, 7) is 4.07. The van der Waals surface area contributed by atoms with E-state index in [0.717, 1.165) is 22.6 Å². The highest BCUT2D eigenvalue weighted by molar-refractivity contribution is 6.00. The van der Waals surface area contributed by atoms with Crippen molar-refractivity contribution in [1.82, 2.24) is 0 Å². The van der Waals surface area contributed by atoms with Gasteiger partial charge in [0.25, 0.3) is 0 Å². The fourth-order valence-electron chi connectivity index (χ4n) is 1.97. The van der Waals surface area contributed by atoms with E-state index in [1.807, 2.05) is 75.3 Å². The van der Waals surface area contributed by atoms with Crippen molar-refractivity contribution in [3.05, 3.63) is 53.6 Å². The van der Waals surface area contributed by atoms with Gasteiger partial charge in [0.05, 0.1) is 0 Å². The first kappa shape index (κ1) is 14.9. The smallest absolute Gasteiger partial charge is 0.323 e. The van der Waals surface area contributed by atoms with Gasteiger partial charge in [0.2, 0.25) is 0 Å². The number of urea groups is 1. The zero-order valence-electron chi connectivity index (χ0n) is 12.9. The first-order chi connectivity index (χ1) is 9.95. The quantitative estimate of drug-likeness (QED) is 0.893. The molecule has 21 heavy (non-hydrogen) atoms. The number of nitrogens with zero attached hydrogens (tertiary/aromatic N) is 1. The first-order valence-corrected chi connectivity index (χ1v) is 6.88. The van der Waals surface area contributed by atoms with Crippen LogP contribution in [-0.2, 0) is 0 Å². The maximum absolute atomic E-state index is 12.0. The number of carbonyl (C=O) groups excluding carboxylic acids is 1. The zero-order valence-corrected chi connectivity index (χ0v) is 12.9. The van der Waals surface area contributed by atoms with Crippen molar-refractivity contribution in [3.8, 4) is 0 Å². The predicted octanol–water partition coefficient (Wildman–Crippen LogP) is 4.01. The van der Waals surface area contributed by atoms with Gasteiger partial charge in [-0.05, 0) is 55.3 Å². The fraction of sp³-hybridized carbons (Fsp3) is 0.235. The van der Waals surface area contributed by atoms with E-state index >= 15 is 0 Å². The zero-order chi connectivity index (χ0) is 15.4. The van der Waals surface area contributed by atoms with E-state index in [-0.39, 0.29) is 6.03 Å². The Morgan fingerprint density at radius 2 is 1.57 bits per heavy atom. The van der Waals surface area contributed by atoms with Gasteiger partial charge in [-0.1, -0.05) is 12.1 Å². The van der Waals surface area contributed by atoms with E-state index in [1.54, 1.807) is 0 Å². The Labute approximate surface area is 125 Å². The minimum Gasteiger partial charge on any atom is -0.378 e. The van der Waals surface area contributed by atoms with Crippen LogP contribution in [0.3, 0.4) is 0 Å². The minimum absolute atomic E-state index is 0.242. The van der Waals surface area contributed by atoms with Crippen molar-refractivity contribution in [1.29, 1.82) is 0 Å². The Kier molecular flexibility index (Phi) is 4.48. The molecule has 0 aromatic heterocycles. The Balaban J connectivity index is 2.04. The molecular formula is C17H21N3O. The molecule has 0 saturated carbocycles. The molecule has 0 aliphatic heterocycles. The van der Waals surface area contributed by atoms with E-state index in [9.17, 15) is 4.79 Å². The molecule has 0 radical (unpaired) electrons. The molecule has 2 amide bonds. The van der Waals surface area contributed by atoms with Crippen LogP contribution in [-0.4, -0.2) is 20.1 Å². The van der Waals surface area contributed by atoms with Crippen LogP contribution < -0.4 is 15.5 Å². The summed E-state index contributed by atoms with van der Waals surface area (Å²) in [5, 5.41) is 5.69. The van der Waals surface area contributed by atoms with Gasteiger partial charge in [-0.3, -0.25) is 0 Å². The van der Waals surface area contributed by atoms with Crippen LogP contribution in [0.25, 0.3) is 0 Å². The molecule has 110 valence electrons. The summed E-state index contributed by atoms with van der Waals surface area (Å²) >= 11 is 0. The topological polar surface area (TPSA) is 44.4 Å². The van der Waals surface area contributed by atoms with Gasteiger partial charge in [-0.15, -0.1) is 0 Å². The third-order valence-corrected chi connectivity index (χ3v) is 3.39. The summed E-state index contributed by atoms with van der Waals surface area (Å²) in [5.74, 6) is 0.